The predicted molar refractivity (Wildman–Crippen MR) is 131 cm³/mol. The van der Waals surface area contributed by atoms with Gasteiger partial charge in [-0.2, -0.15) is 0 Å². The molecule has 1 aliphatic heterocycles. The topological polar surface area (TPSA) is 63.4 Å². The van der Waals surface area contributed by atoms with Gasteiger partial charge in [0, 0.05) is 9.35 Å². The van der Waals surface area contributed by atoms with Crippen molar-refractivity contribution < 1.29 is 9.21 Å². The van der Waals surface area contributed by atoms with E-state index in [2.05, 4.69) is 46.9 Å². The van der Waals surface area contributed by atoms with E-state index in [9.17, 15) is 9.59 Å². The number of hydrogen-bond donors (Lipinski definition) is 0. The molecule has 0 spiro atoms. The number of thiazole rings is 1. The number of carbonyl (C=O) groups excluding carboxylic acids is 1. The molecule has 162 valence electrons. The summed E-state index contributed by atoms with van der Waals surface area (Å²) < 4.78 is 6.80. The van der Waals surface area contributed by atoms with Gasteiger partial charge in [0.15, 0.2) is 10.6 Å². The molecule has 5 rings (SSSR count). The molecule has 0 fully saturated rings. The van der Waals surface area contributed by atoms with Crippen LogP contribution in [0.1, 0.15) is 63.6 Å². The summed E-state index contributed by atoms with van der Waals surface area (Å²) in [7, 11) is 0. The largest absolute Gasteiger partial charge is 0.450 e. The third kappa shape index (κ3) is 3.22. The number of aryl methyl sites for hydroxylation is 2. The van der Waals surface area contributed by atoms with Crippen molar-refractivity contribution >= 4 is 49.3 Å². The molecule has 0 saturated heterocycles. The van der Waals surface area contributed by atoms with E-state index in [1.54, 1.807) is 23.1 Å². The van der Waals surface area contributed by atoms with Gasteiger partial charge in [-0.1, -0.05) is 54.0 Å². The number of halogens is 1. The van der Waals surface area contributed by atoms with Crippen LogP contribution in [-0.4, -0.2) is 10.9 Å². The monoisotopic (exact) mass is 508 g/mol. The lowest BCUT2D eigenvalue weighted by atomic mass is 9.95. The Kier molecular flexibility index (Phi) is 5.06. The second-order valence-electron chi connectivity index (χ2n) is 8.35. The van der Waals surface area contributed by atoms with E-state index in [-0.39, 0.29) is 17.1 Å². The first-order chi connectivity index (χ1) is 15.3. The Morgan fingerprint density at radius 3 is 2.44 bits per heavy atom. The average molecular weight is 509 g/mol. The molecule has 2 aromatic carbocycles. The summed E-state index contributed by atoms with van der Waals surface area (Å²) in [6.07, 6.45) is 0. The highest BCUT2D eigenvalue weighted by atomic mass is 79.9. The molecule has 7 heteroatoms. The molecule has 0 bridgehead atoms. The molecule has 0 radical (unpaired) electrons. The number of rotatable bonds is 3. The SMILES string of the molecule is Cc1nc(N2C(=O)c3oc4ccc(Br)cc4c(=O)c3C2c2ccc(C(C)C)cc2)sc1C. The summed E-state index contributed by atoms with van der Waals surface area (Å²) >= 11 is 4.88. The van der Waals surface area contributed by atoms with Gasteiger partial charge in [-0.05, 0) is 49.1 Å². The van der Waals surface area contributed by atoms with Crippen LogP contribution in [0.5, 0.6) is 0 Å². The lowest BCUT2D eigenvalue weighted by molar-refractivity contribution is 0.0971. The normalized spacial score (nSPS) is 15.8. The molecule has 1 unspecified atom stereocenters. The van der Waals surface area contributed by atoms with Crippen LogP contribution < -0.4 is 10.3 Å². The zero-order chi connectivity index (χ0) is 22.7. The lowest BCUT2D eigenvalue weighted by Crippen LogP contribution is -2.29. The molecule has 1 aliphatic rings. The van der Waals surface area contributed by atoms with Gasteiger partial charge in [0.1, 0.15) is 5.58 Å². The van der Waals surface area contributed by atoms with Crippen molar-refractivity contribution in [3.8, 4) is 0 Å². The average Bonchev–Trinajstić information content (AvgIpc) is 3.25. The minimum absolute atomic E-state index is 0.0910. The molecule has 0 N–H and O–H groups in total. The van der Waals surface area contributed by atoms with Gasteiger partial charge in [-0.25, -0.2) is 4.98 Å². The first-order valence-electron chi connectivity index (χ1n) is 10.4. The molecule has 32 heavy (non-hydrogen) atoms. The van der Waals surface area contributed by atoms with Gasteiger partial charge >= 0.3 is 0 Å². The Labute approximate surface area is 197 Å². The number of hydrogen-bond acceptors (Lipinski definition) is 5. The molecular formula is C25H21BrN2O3S. The Morgan fingerprint density at radius 1 is 1.09 bits per heavy atom. The van der Waals surface area contributed by atoms with Gasteiger partial charge < -0.3 is 4.42 Å². The van der Waals surface area contributed by atoms with Crippen molar-refractivity contribution in [3.63, 3.8) is 0 Å². The van der Waals surface area contributed by atoms with Crippen molar-refractivity contribution in [2.45, 2.75) is 39.7 Å². The van der Waals surface area contributed by atoms with Crippen LogP contribution in [0.15, 0.2) is 56.1 Å². The highest BCUT2D eigenvalue weighted by Gasteiger charge is 2.45. The Hall–Kier alpha value is -2.77. The van der Waals surface area contributed by atoms with E-state index in [1.807, 2.05) is 26.0 Å². The van der Waals surface area contributed by atoms with E-state index < -0.39 is 6.04 Å². The summed E-state index contributed by atoms with van der Waals surface area (Å²) in [5.41, 5.74) is 3.49. The lowest BCUT2D eigenvalue weighted by Gasteiger charge is -2.23. The van der Waals surface area contributed by atoms with Gasteiger partial charge in [-0.15, -0.1) is 11.3 Å². The van der Waals surface area contributed by atoms with Crippen molar-refractivity contribution in [2.75, 3.05) is 4.90 Å². The number of carbonyl (C=O) groups is 1. The molecule has 0 saturated carbocycles. The summed E-state index contributed by atoms with van der Waals surface area (Å²) in [4.78, 5) is 34.5. The number of amides is 1. The fourth-order valence-corrected chi connectivity index (χ4v) is 5.38. The van der Waals surface area contributed by atoms with E-state index in [4.69, 9.17) is 4.42 Å². The van der Waals surface area contributed by atoms with Crippen molar-refractivity contribution in [1.82, 2.24) is 4.98 Å². The summed E-state index contributed by atoms with van der Waals surface area (Å²) in [6.45, 7) is 8.17. The minimum atomic E-state index is -0.594. The maximum atomic E-state index is 13.6. The van der Waals surface area contributed by atoms with Crippen LogP contribution in [-0.2, 0) is 0 Å². The van der Waals surface area contributed by atoms with E-state index in [0.29, 0.717) is 27.6 Å². The molecule has 1 amide bonds. The number of aromatic nitrogens is 1. The maximum Gasteiger partial charge on any atom is 0.297 e. The van der Waals surface area contributed by atoms with Gasteiger partial charge in [0.2, 0.25) is 5.76 Å². The van der Waals surface area contributed by atoms with E-state index >= 15 is 0 Å². The fourth-order valence-electron chi connectivity index (χ4n) is 4.08. The third-order valence-corrected chi connectivity index (χ3v) is 7.54. The molecular weight excluding hydrogens is 488 g/mol. The zero-order valence-electron chi connectivity index (χ0n) is 18.1. The third-order valence-electron chi connectivity index (χ3n) is 5.97. The van der Waals surface area contributed by atoms with Crippen LogP contribution in [0, 0.1) is 13.8 Å². The summed E-state index contributed by atoms with van der Waals surface area (Å²) in [5.74, 6) is 0.134. The first-order valence-corrected chi connectivity index (χ1v) is 12.0. The molecule has 4 aromatic rings. The fraction of sp³-hybridized carbons (Fsp3) is 0.240. The summed E-state index contributed by atoms with van der Waals surface area (Å²) in [6, 6.07) is 12.7. The minimum Gasteiger partial charge on any atom is -0.450 e. The Balaban J connectivity index is 1.79. The van der Waals surface area contributed by atoms with Gasteiger partial charge in [-0.3, -0.25) is 14.5 Å². The Morgan fingerprint density at radius 2 is 1.81 bits per heavy atom. The highest BCUT2D eigenvalue weighted by molar-refractivity contribution is 9.10. The van der Waals surface area contributed by atoms with Gasteiger partial charge in [0.25, 0.3) is 5.91 Å². The Bertz CT molecular complexity index is 1420. The zero-order valence-corrected chi connectivity index (χ0v) is 20.5. The van der Waals surface area contributed by atoms with Gasteiger partial charge in [0.05, 0.1) is 22.7 Å². The van der Waals surface area contributed by atoms with E-state index in [1.165, 1.54) is 16.9 Å². The van der Waals surface area contributed by atoms with Crippen molar-refractivity contribution in [1.29, 1.82) is 0 Å². The number of benzene rings is 2. The molecule has 5 nitrogen and oxygen atoms in total. The standard InChI is InChI=1S/C25H21BrN2O3S/c1-12(2)15-5-7-16(8-6-15)21-20-22(29)18-11-17(26)9-10-19(18)31-23(20)24(30)28(21)25-27-13(3)14(4)32-25/h5-12,21H,1-4H3. The number of anilines is 1. The quantitative estimate of drug-likeness (QED) is 0.316. The second-order valence-corrected chi connectivity index (χ2v) is 10.4. The predicted octanol–water partition coefficient (Wildman–Crippen LogP) is 6.50. The van der Waals surface area contributed by atoms with Crippen LogP contribution in [0.2, 0.25) is 0 Å². The van der Waals surface area contributed by atoms with Crippen molar-refractivity contribution in [3.05, 3.63) is 90.2 Å². The van der Waals surface area contributed by atoms with E-state index in [0.717, 1.165) is 20.6 Å². The highest BCUT2D eigenvalue weighted by Crippen LogP contribution is 2.43. The molecule has 0 aliphatic carbocycles. The van der Waals surface area contributed by atoms with Crippen molar-refractivity contribution in [2.24, 2.45) is 0 Å². The summed E-state index contributed by atoms with van der Waals surface area (Å²) in [5, 5.41) is 1.02. The molecule has 2 aromatic heterocycles. The first kappa shape index (κ1) is 21.1. The van der Waals surface area contributed by atoms with Crippen LogP contribution in [0.4, 0.5) is 5.13 Å². The molecule has 1 atom stereocenters. The number of nitrogens with zero attached hydrogens (tertiary/aromatic N) is 2. The smallest absolute Gasteiger partial charge is 0.297 e. The maximum absolute atomic E-state index is 13.6. The van der Waals surface area contributed by atoms with Crippen LogP contribution in [0.25, 0.3) is 11.0 Å². The second kappa shape index (κ2) is 7.67. The van der Waals surface area contributed by atoms with Crippen LogP contribution in [0.3, 0.4) is 0 Å². The van der Waals surface area contributed by atoms with Crippen LogP contribution >= 0.6 is 27.3 Å². The molecule has 3 heterocycles. The number of fused-ring (bicyclic) bond motifs is 2.